The lowest BCUT2D eigenvalue weighted by Crippen LogP contribution is -2.10. The van der Waals surface area contributed by atoms with E-state index in [0.29, 0.717) is 18.7 Å². The summed E-state index contributed by atoms with van der Waals surface area (Å²) in [5.74, 6) is -0.289. The van der Waals surface area contributed by atoms with E-state index in [1.54, 1.807) is 16.9 Å². The summed E-state index contributed by atoms with van der Waals surface area (Å²) >= 11 is 0. The summed E-state index contributed by atoms with van der Waals surface area (Å²) in [6.07, 6.45) is 1.53. The van der Waals surface area contributed by atoms with Crippen LogP contribution < -0.4 is 0 Å². The van der Waals surface area contributed by atoms with Crippen LogP contribution in [0, 0.1) is 0 Å². The molecule has 216 valence electrons. The zero-order chi connectivity index (χ0) is 29.9. The number of fused-ring (bicyclic) bond motifs is 1. The number of esters is 1. The van der Waals surface area contributed by atoms with Crippen LogP contribution in [0.1, 0.15) is 75.9 Å². The molecule has 0 aliphatic carbocycles. The highest BCUT2D eigenvalue weighted by molar-refractivity contribution is 6.00. The molecule has 4 aromatic carbocycles. The van der Waals surface area contributed by atoms with Crippen molar-refractivity contribution in [1.29, 1.82) is 0 Å². The number of hydrogen-bond donors (Lipinski definition) is 0. The highest BCUT2D eigenvalue weighted by Gasteiger charge is 2.19. The van der Waals surface area contributed by atoms with Crippen LogP contribution in [0.15, 0.2) is 91.0 Å². The van der Waals surface area contributed by atoms with Crippen molar-refractivity contribution in [3.05, 3.63) is 108 Å². The Bertz CT molecular complexity index is 1560. The minimum Gasteiger partial charge on any atom is -0.462 e. The topological polar surface area (TPSA) is 57.0 Å². The van der Waals surface area contributed by atoms with Crippen LogP contribution in [0.2, 0.25) is 0 Å². The number of unbranched alkanes of at least 4 members (excludes halogenated alkanes) is 1. The van der Waals surface area contributed by atoms with Crippen molar-refractivity contribution in [3.8, 4) is 22.3 Å². The molecule has 0 N–H and O–H groups in total. The summed E-state index contributed by atoms with van der Waals surface area (Å²) in [6, 6.07) is 31.0. The van der Waals surface area contributed by atoms with Gasteiger partial charge in [-0.3, -0.25) is 0 Å². The Hall–Kier alpha value is -4.25. The van der Waals surface area contributed by atoms with Crippen molar-refractivity contribution in [3.63, 3.8) is 0 Å². The van der Waals surface area contributed by atoms with E-state index in [9.17, 15) is 4.79 Å². The molecule has 5 rings (SSSR count). The molecular formula is C37H41N3O2. The maximum absolute atomic E-state index is 12.2. The third kappa shape index (κ3) is 6.62. The Morgan fingerprint density at radius 2 is 1.12 bits per heavy atom. The van der Waals surface area contributed by atoms with Gasteiger partial charge in [0, 0.05) is 11.1 Å². The van der Waals surface area contributed by atoms with Gasteiger partial charge in [-0.2, -0.15) is 15.0 Å². The van der Waals surface area contributed by atoms with E-state index >= 15 is 0 Å². The molecule has 0 bridgehead atoms. The second-order valence-electron chi connectivity index (χ2n) is 13.0. The summed E-state index contributed by atoms with van der Waals surface area (Å²) in [5.41, 5.74) is 9.55. The number of carbonyl (C=O) groups excluding carboxylic acids is 1. The predicted octanol–water partition coefficient (Wildman–Crippen LogP) is 9.00. The molecule has 5 aromatic rings. The van der Waals surface area contributed by atoms with Gasteiger partial charge in [0.05, 0.1) is 18.7 Å². The molecule has 0 aliphatic heterocycles. The molecule has 0 amide bonds. The summed E-state index contributed by atoms with van der Waals surface area (Å²) in [7, 11) is 0. The number of aromatic nitrogens is 3. The number of hydrogen-bond acceptors (Lipinski definition) is 4. The lowest BCUT2D eigenvalue weighted by molar-refractivity contribution is 0.0496. The van der Waals surface area contributed by atoms with E-state index in [2.05, 4.69) is 102 Å². The molecule has 0 saturated carbocycles. The third-order valence-electron chi connectivity index (χ3n) is 7.70. The Morgan fingerprint density at radius 1 is 0.643 bits per heavy atom. The summed E-state index contributed by atoms with van der Waals surface area (Å²) < 4.78 is 5.46. The number of rotatable bonds is 8. The number of nitrogens with zero attached hydrogens (tertiary/aromatic N) is 3. The molecule has 0 atom stereocenters. The molecule has 1 aromatic heterocycles. The highest BCUT2D eigenvalue weighted by Crippen LogP contribution is 2.35. The van der Waals surface area contributed by atoms with Crippen molar-refractivity contribution < 1.29 is 9.53 Å². The number of carbonyl (C=O) groups is 1. The zero-order valence-electron chi connectivity index (χ0n) is 25.6. The SMILES string of the molecule is CC(C)(C)c1ccc(-c2ccc(-c3ccc(C(C)(C)C)cc3)c3nn(CCCCOC(=O)c4ccccc4)nc23)cc1. The number of benzene rings is 4. The van der Waals surface area contributed by atoms with Crippen LogP contribution in [0.5, 0.6) is 0 Å². The van der Waals surface area contributed by atoms with Crippen molar-refractivity contribution in [2.75, 3.05) is 6.61 Å². The molecule has 0 fully saturated rings. The third-order valence-corrected chi connectivity index (χ3v) is 7.70. The molecule has 5 heteroatoms. The van der Waals surface area contributed by atoms with Crippen LogP contribution in [-0.4, -0.2) is 27.6 Å². The van der Waals surface area contributed by atoms with Gasteiger partial charge in [0.25, 0.3) is 0 Å². The number of aryl methyl sites for hydroxylation is 1. The molecule has 0 radical (unpaired) electrons. The summed E-state index contributed by atoms with van der Waals surface area (Å²) in [6.45, 7) is 14.4. The van der Waals surface area contributed by atoms with E-state index in [1.807, 2.05) is 18.2 Å². The molecule has 0 saturated heterocycles. The standard InChI is InChI=1S/C37H41N3O2/c1-36(2,3)29-18-14-26(15-19-29)31-22-23-32(27-16-20-30(21-17-27)37(4,5)6)34-33(31)38-40(39-34)24-10-11-25-42-35(41)28-12-8-7-9-13-28/h7-9,12-23H,10-11,24-25H2,1-6H3. The van der Waals surface area contributed by atoms with Gasteiger partial charge in [-0.05, 0) is 58.1 Å². The maximum atomic E-state index is 12.2. The van der Waals surface area contributed by atoms with Crippen LogP contribution in [0.4, 0.5) is 0 Å². The Balaban J connectivity index is 1.40. The first-order chi connectivity index (χ1) is 20.0. The normalized spacial score (nSPS) is 12.0. The van der Waals surface area contributed by atoms with Crippen molar-refractivity contribution in [1.82, 2.24) is 15.0 Å². The van der Waals surface area contributed by atoms with Crippen LogP contribution in [-0.2, 0) is 22.1 Å². The summed E-state index contributed by atoms with van der Waals surface area (Å²) in [5, 5.41) is 9.96. The van der Waals surface area contributed by atoms with Crippen molar-refractivity contribution >= 4 is 17.0 Å². The second-order valence-corrected chi connectivity index (χ2v) is 13.0. The largest absolute Gasteiger partial charge is 0.462 e. The second kappa shape index (κ2) is 11.9. The van der Waals surface area contributed by atoms with E-state index in [0.717, 1.165) is 46.1 Å². The van der Waals surface area contributed by atoms with E-state index in [-0.39, 0.29) is 16.8 Å². The average molecular weight is 560 g/mol. The molecule has 0 spiro atoms. The van der Waals surface area contributed by atoms with Crippen LogP contribution >= 0.6 is 0 Å². The maximum Gasteiger partial charge on any atom is 0.338 e. The lowest BCUT2D eigenvalue weighted by atomic mass is 9.85. The molecule has 0 aliphatic rings. The molecule has 0 unspecified atom stereocenters. The first kappa shape index (κ1) is 29.2. The molecule has 5 nitrogen and oxygen atoms in total. The predicted molar refractivity (Wildman–Crippen MR) is 172 cm³/mol. The van der Waals surface area contributed by atoms with Gasteiger partial charge in [-0.1, -0.05) is 120 Å². The van der Waals surface area contributed by atoms with Gasteiger partial charge in [0.1, 0.15) is 11.0 Å². The van der Waals surface area contributed by atoms with E-state index in [4.69, 9.17) is 14.9 Å². The smallest absolute Gasteiger partial charge is 0.338 e. The van der Waals surface area contributed by atoms with Gasteiger partial charge < -0.3 is 4.74 Å². The van der Waals surface area contributed by atoms with Gasteiger partial charge in [-0.15, -0.1) is 0 Å². The molecular weight excluding hydrogens is 518 g/mol. The Morgan fingerprint density at radius 3 is 1.57 bits per heavy atom. The Labute approximate surface area is 249 Å². The minimum absolute atomic E-state index is 0.0927. The lowest BCUT2D eigenvalue weighted by Gasteiger charge is -2.19. The van der Waals surface area contributed by atoms with Crippen LogP contribution in [0.25, 0.3) is 33.3 Å². The van der Waals surface area contributed by atoms with Gasteiger partial charge in [0.15, 0.2) is 0 Å². The van der Waals surface area contributed by atoms with Crippen molar-refractivity contribution in [2.24, 2.45) is 0 Å². The van der Waals surface area contributed by atoms with Gasteiger partial charge in [-0.25, -0.2) is 4.79 Å². The van der Waals surface area contributed by atoms with E-state index in [1.165, 1.54) is 11.1 Å². The fourth-order valence-electron chi connectivity index (χ4n) is 5.08. The first-order valence-electron chi connectivity index (χ1n) is 14.8. The van der Waals surface area contributed by atoms with Gasteiger partial charge in [0.2, 0.25) is 0 Å². The molecule has 1 heterocycles. The average Bonchev–Trinajstić information content (AvgIpc) is 3.40. The monoisotopic (exact) mass is 559 g/mol. The quantitative estimate of drug-likeness (QED) is 0.141. The minimum atomic E-state index is -0.289. The first-order valence-corrected chi connectivity index (χ1v) is 14.8. The summed E-state index contributed by atoms with van der Waals surface area (Å²) in [4.78, 5) is 14.0. The fraction of sp³-hybridized carbons (Fsp3) is 0.324. The zero-order valence-corrected chi connectivity index (χ0v) is 25.6. The van der Waals surface area contributed by atoms with E-state index < -0.39 is 0 Å². The fourth-order valence-corrected chi connectivity index (χ4v) is 5.08. The van der Waals surface area contributed by atoms with Crippen molar-refractivity contribution in [2.45, 2.75) is 71.8 Å². The molecule has 42 heavy (non-hydrogen) atoms. The van der Waals surface area contributed by atoms with Crippen LogP contribution in [0.3, 0.4) is 0 Å². The Kier molecular flexibility index (Phi) is 8.31. The van der Waals surface area contributed by atoms with Gasteiger partial charge >= 0.3 is 5.97 Å². The highest BCUT2D eigenvalue weighted by atomic mass is 16.5. The number of ether oxygens (including phenoxy) is 1.